The number of nitrogens with zero attached hydrogens (tertiary/aromatic N) is 1. The molecule has 2 aromatic rings. The number of H-pyrrole nitrogens is 1. The minimum absolute atomic E-state index is 0.278. The van der Waals surface area contributed by atoms with E-state index in [1.54, 1.807) is 0 Å². The van der Waals surface area contributed by atoms with E-state index in [0.29, 0.717) is 5.82 Å². The maximum absolute atomic E-state index is 5.88. The molecule has 5 nitrogen and oxygen atoms in total. The average molecular weight is 231 g/mol. The zero-order valence-corrected chi connectivity index (χ0v) is 9.49. The van der Waals surface area contributed by atoms with Gasteiger partial charge in [-0.3, -0.25) is 5.10 Å². The van der Waals surface area contributed by atoms with Crippen LogP contribution in [0.3, 0.4) is 0 Å². The van der Waals surface area contributed by atoms with Gasteiger partial charge in [0, 0.05) is 11.3 Å². The first-order chi connectivity index (χ1) is 8.29. The second-order valence-electron chi connectivity index (χ2n) is 3.88. The zero-order chi connectivity index (χ0) is 11.8. The van der Waals surface area contributed by atoms with Crippen molar-refractivity contribution in [1.82, 2.24) is 10.2 Å². The van der Waals surface area contributed by atoms with Crippen molar-refractivity contribution in [2.75, 3.05) is 12.5 Å². The molecule has 1 aromatic carbocycles. The van der Waals surface area contributed by atoms with Crippen LogP contribution in [-0.4, -0.2) is 17.0 Å². The van der Waals surface area contributed by atoms with Gasteiger partial charge >= 0.3 is 0 Å². The number of aromatic nitrogens is 2. The molecule has 88 valence electrons. The predicted molar refractivity (Wildman–Crippen MR) is 63.9 cm³/mol. The summed E-state index contributed by atoms with van der Waals surface area (Å²) in [4.78, 5) is 0. The van der Waals surface area contributed by atoms with E-state index >= 15 is 0 Å². The van der Waals surface area contributed by atoms with Gasteiger partial charge in [0.15, 0.2) is 17.3 Å². The van der Waals surface area contributed by atoms with Crippen LogP contribution in [0.15, 0.2) is 18.2 Å². The lowest BCUT2D eigenvalue weighted by Crippen LogP contribution is -1.93. The van der Waals surface area contributed by atoms with E-state index in [0.717, 1.165) is 34.7 Å². The SMILES string of the molecule is CCc1[nH]nc(N)c1-c1ccc2c(c1)OCO2. The van der Waals surface area contributed by atoms with Crippen LogP contribution in [-0.2, 0) is 6.42 Å². The van der Waals surface area contributed by atoms with Gasteiger partial charge in [0.2, 0.25) is 6.79 Å². The highest BCUT2D eigenvalue weighted by Crippen LogP contribution is 2.38. The van der Waals surface area contributed by atoms with Gasteiger partial charge in [0.25, 0.3) is 0 Å². The molecule has 0 aliphatic carbocycles. The lowest BCUT2D eigenvalue weighted by Gasteiger charge is -2.04. The normalized spacial score (nSPS) is 13.0. The van der Waals surface area contributed by atoms with Crippen LogP contribution in [0.4, 0.5) is 5.82 Å². The van der Waals surface area contributed by atoms with E-state index in [9.17, 15) is 0 Å². The van der Waals surface area contributed by atoms with E-state index in [1.807, 2.05) is 18.2 Å². The van der Waals surface area contributed by atoms with E-state index in [2.05, 4.69) is 17.1 Å². The molecule has 0 saturated carbocycles. The Morgan fingerprint density at radius 1 is 1.35 bits per heavy atom. The monoisotopic (exact) mass is 231 g/mol. The second kappa shape index (κ2) is 3.69. The minimum atomic E-state index is 0.278. The molecular weight excluding hydrogens is 218 g/mol. The Labute approximate surface area is 98.5 Å². The van der Waals surface area contributed by atoms with Crippen molar-refractivity contribution in [3.05, 3.63) is 23.9 Å². The van der Waals surface area contributed by atoms with Gasteiger partial charge in [-0.15, -0.1) is 0 Å². The molecule has 1 aromatic heterocycles. The third-order valence-corrected chi connectivity index (χ3v) is 2.88. The van der Waals surface area contributed by atoms with Crippen molar-refractivity contribution in [3.8, 4) is 22.6 Å². The maximum atomic E-state index is 5.88. The molecule has 1 aliphatic heterocycles. The molecule has 5 heteroatoms. The van der Waals surface area contributed by atoms with Gasteiger partial charge < -0.3 is 15.2 Å². The number of nitrogen functional groups attached to an aromatic ring is 1. The van der Waals surface area contributed by atoms with Crippen molar-refractivity contribution >= 4 is 5.82 Å². The largest absolute Gasteiger partial charge is 0.454 e. The Bertz CT molecular complexity index is 563. The Kier molecular flexibility index (Phi) is 2.18. The molecule has 0 unspecified atom stereocenters. The molecule has 0 radical (unpaired) electrons. The summed E-state index contributed by atoms with van der Waals surface area (Å²) < 4.78 is 10.6. The van der Waals surface area contributed by atoms with E-state index in [-0.39, 0.29) is 6.79 Å². The number of aromatic amines is 1. The Hall–Kier alpha value is -2.17. The lowest BCUT2D eigenvalue weighted by atomic mass is 10.0. The van der Waals surface area contributed by atoms with Crippen LogP contribution in [0.1, 0.15) is 12.6 Å². The first kappa shape index (κ1) is 10.0. The summed E-state index contributed by atoms with van der Waals surface area (Å²) in [5.41, 5.74) is 8.86. The molecule has 0 bridgehead atoms. The number of rotatable bonds is 2. The molecule has 0 saturated heterocycles. The Balaban J connectivity index is 2.12. The van der Waals surface area contributed by atoms with Crippen LogP contribution in [0.25, 0.3) is 11.1 Å². The summed E-state index contributed by atoms with van der Waals surface area (Å²) in [6.07, 6.45) is 0.855. The van der Waals surface area contributed by atoms with Gasteiger partial charge in [0.05, 0.1) is 0 Å². The number of ether oxygens (including phenoxy) is 2. The molecule has 17 heavy (non-hydrogen) atoms. The fourth-order valence-corrected chi connectivity index (χ4v) is 2.02. The molecule has 3 N–H and O–H groups in total. The fourth-order valence-electron chi connectivity index (χ4n) is 2.02. The number of hydrogen-bond acceptors (Lipinski definition) is 4. The third-order valence-electron chi connectivity index (χ3n) is 2.88. The number of hydrogen-bond donors (Lipinski definition) is 2. The first-order valence-corrected chi connectivity index (χ1v) is 5.52. The highest BCUT2D eigenvalue weighted by molar-refractivity contribution is 5.78. The van der Waals surface area contributed by atoms with E-state index in [1.165, 1.54) is 0 Å². The third kappa shape index (κ3) is 1.51. The van der Waals surface area contributed by atoms with Crippen molar-refractivity contribution in [2.45, 2.75) is 13.3 Å². The number of fused-ring (bicyclic) bond motifs is 1. The molecule has 0 fully saturated rings. The number of nitrogens with two attached hydrogens (primary N) is 1. The summed E-state index contributed by atoms with van der Waals surface area (Å²) in [6, 6.07) is 5.79. The van der Waals surface area contributed by atoms with Crippen LogP contribution < -0.4 is 15.2 Å². The molecule has 3 rings (SSSR count). The molecular formula is C12H13N3O2. The number of anilines is 1. The van der Waals surface area contributed by atoms with Gasteiger partial charge in [-0.25, -0.2) is 0 Å². The van der Waals surface area contributed by atoms with Crippen LogP contribution in [0, 0.1) is 0 Å². The van der Waals surface area contributed by atoms with Crippen LogP contribution >= 0.6 is 0 Å². The van der Waals surface area contributed by atoms with Crippen molar-refractivity contribution in [1.29, 1.82) is 0 Å². The summed E-state index contributed by atoms with van der Waals surface area (Å²) in [5, 5.41) is 6.98. The van der Waals surface area contributed by atoms with Crippen molar-refractivity contribution < 1.29 is 9.47 Å². The topological polar surface area (TPSA) is 73.2 Å². The smallest absolute Gasteiger partial charge is 0.231 e. The standard InChI is InChI=1S/C12H13N3O2/c1-2-8-11(12(13)15-14-8)7-3-4-9-10(5-7)17-6-16-9/h3-5H,2,6H2,1H3,(H3,13,14,15). The van der Waals surface area contributed by atoms with E-state index < -0.39 is 0 Å². The van der Waals surface area contributed by atoms with Crippen molar-refractivity contribution in [3.63, 3.8) is 0 Å². The summed E-state index contributed by atoms with van der Waals surface area (Å²) in [5.74, 6) is 2.04. The Morgan fingerprint density at radius 3 is 3.00 bits per heavy atom. The molecule has 0 spiro atoms. The Morgan fingerprint density at radius 2 is 2.18 bits per heavy atom. The number of aryl methyl sites for hydroxylation is 1. The highest BCUT2D eigenvalue weighted by Gasteiger charge is 2.17. The van der Waals surface area contributed by atoms with Crippen LogP contribution in [0.2, 0.25) is 0 Å². The predicted octanol–water partition coefficient (Wildman–Crippen LogP) is 1.95. The highest BCUT2D eigenvalue weighted by atomic mass is 16.7. The summed E-state index contributed by atoms with van der Waals surface area (Å²) in [6.45, 7) is 2.34. The minimum Gasteiger partial charge on any atom is -0.454 e. The van der Waals surface area contributed by atoms with Gasteiger partial charge in [-0.05, 0) is 24.1 Å². The average Bonchev–Trinajstić information content (AvgIpc) is 2.93. The van der Waals surface area contributed by atoms with E-state index in [4.69, 9.17) is 15.2 Å². The molecule has 2 heterocycles. The molecule has 0 amide bonds. The molecule has 0 atom stereocenters. The zero-order valence-electron chi connectivity index (χ0n) is 9.49. The lowest BCUT2D eigenvalue weighted by molar-refractivity contribution is 0.174. The second-order valence-corrected chi connectivity index (χ2v) is 3.88. The fraction of sp³-hybridized carbons (Fsp3) is 0.250. The molecule has 1 aliphatic rings. The number of nitrogens with one attached hydrogen (secondary N) is 1. The quantitative estimate of drug-likeness (QED) is 0.828. The first-order valence-electron chi connectivity index (χ1n) is 5.52. The number of benzene rings is 1. The van der Waals surface area contributed by atoms with Crippen molar-refractivity contribution in [2.24, 2.45) is 0 Å². The van der Waals surface area contributed by atoms with Gasteiger partial charge in [-0.1, -0.05) is 13.0 Å². The summed E-state index contributed by atoms with van der Waals surface area (Å²) >= 11 is 0. The van der Waals surface area contributed by atoms with Gasteiger partial charge in [0.1, 0.15) is 0 Å². The summed E-state index contributed by atoms with van der Waals surface area (Å²) in [7, 11) is 0. The van der Waals surface area contributed by atoms with Gasteiger partial charge in [-0.2, -0.15) is 5.10 Å². The maximum Gasteiger partial charge on any atom is 0.231 e. The van der Waals surface area contributed by atoms with Crippen LogP contribution in [0.5, 0.6) is 11.5 Å².